The van der Waals surface area contributed by atoms with Crippen LogP contribution in [0.5, 0.6) is 0 Å². The number of rotatable bonds is 5. The minimum absolute atomic E-state index is 0.483. The van der Waals surface area contributed by atoms with Crippen molar-refractivity contribution in [2.75, 3.05) is 19.6 Å². The van der Waals surface area contributed by atoms with Gasteiger partial charge in [0.05, 0.1) is 0 Å². The molecule has 0 radical (unpaired) electrons. The van der Waals surface area contributed by atoms with E-state index in [1.807, 2.05) is 11.3 Å². The lowest BCUT2D eigenvalue weighted by molar-refractivity contribution is 0.310. The molecule has 0 spiro atoms. The molecule has 4 heteroatoms. The molecule has 2 aliphatic rings. The van der Waals surface area contributed by atoms with E-state index in [0.29, 0.717) is 6.04 Å². The Kier molecular flexibility index (Phi) is 4.09. The summed E-state index contributed by atoms with van der Waals surface area (Å²) in [5.41, 5.74) is 0. The summed E-state index contributed by atoms with van der Waals surface area (Å²) in [6.45, 7) is 6.08. The Morgan fingerprint density at radius 1 is 1.50 bits per heavy atom. The summed E-state index contributed by atoms with van der Waals surface area (Å²) in [4.78, 5) is 4.12. The second kappa shape index (κ2) is 5.61. The minimum Gasteiger partial charge on any atom is -0.309 e. The molecule has 1 saturated heterocycles. The van der Waals surface area contributed by atoms with Gasteiger partial charge in [0.15, 0.2) is 0 Å². The van der Waals surface area contributed by atoms with E-state index in [1.54, 1.807) is 0 Å². The number of thiophene rings is 1. The Morgan fingerprint density at radius 3 is 3.00 bits per heavy atom. The van der Waals surface area contributed by atoms with Gasteiger partial charge in [0.2, 0.25) is 0 Å². The molecule has 100 valence electrons. The summed E-state index contributed by atoms with van der Waals surface area (Å²) >= 11 is 5.36. The van der Waals surface area contributed by atoms with Crippen molar-refractivity contribution in [3.05, 3.63) is 20.8 Å². The third-order valence-corrected chi connectivity index (χ3v) is 5.98. The van der Waals surface area contributed by atoms with E-state index in [9.17, 15) is 0 Å². The van der Waals surface area contributed by atoms with Crippen LogP contribution >= 0.6 is 27.3 Å². The maximum absolute atomic E-state index is 3.70. The number of hydrogen-bond acceptors (Lipinski definition) is 3. The average Bonchev–Trinajstić information content (AvgIpc) is 2.95. The SMILES string of the molecule is CC(NCC1CCN(C2CC2)C1)c1cc(Br)cs1. The highest BCUT2D eigenvalue weighted by atomic mass is 79.9. The molecular formula is C14H21BrN2S. The quantitative estimate of drug-likeness (QED) is 0.887. The molecule has 1 aromatic rings. The van der Waals surface area contributed by atoms with Gasteiger partial charge in [-0.15, -0.1) is 11.3 Å². The number of hydrogen-bond donors (Lipinski definition) is 1. The lowest BCUT2D eigenvalue weighted by Gasteiger charge is -2.17. The van der Waals surface area contributed by atoms with Crippen molar-refractivity contribution in [1.82, 2.24) is 10.2 Å². The molecule has 0 aromatic carbocycles. The van der Waals surface area contributed by atoms with E-state index in [2.05, 4.69) is 44.5 Å². The van der Waals surface area contributed by atoms with Crippen molar-refractivity contribution in [2.24, 2.45) is 5.92 Å². The van der Waals surface area contributed by atoms with Crippen molar-refractivity contribution in [2.45, 2.75) is 38.3 Å². The number of nitrogens with one attached hydrogen (secondary N) is 1. The summed E-state index contributed by atoms with van der Waals surface area (Å²) in [6, 6.07) is 3.66. The van der Waals surface area contributed by atoms with Gasteiger partial charge in [0.25, 0.3) is 0 Å². The lowest BCUT2D eigenvalue weighted by Crippen LogP contribution is -2.28. The van der Waals surface area contributed by atoms with Gasteiger partial charge in [-0.2, -0.15) is 0 Å². The first-order valence-electron chi connectivity index (χ1n) is 6.93. The van der Waals surface area contributed by atoms with E-state index >= 15 is 0 Å². The molecule has 1 N–H and O–H groups in total. The van der Waals surface area contributed by atoms with Crippen LogP contribution in [0.3, 0.4) is 0 Å². The fourth-order valence-corrected chi connectivity index (χ4v) is 4.28. The summed E-state index contributed by atoms with van der Waals surface area (Å²) in [5, 5.41) is 5.86. The summed E-state index contributed by atoms with van der Waals surface area (Å²) in [7, 11) is 0. The Labute approximate surface area is 122 Å². The molecule has 2 heterocycles. The first-order valence-corrected chi connectivity index (χ1v) is 8.61. The van der Waals surface area contributed by atoms with Crippen LogP contribution in [-0.2, 0) is 0 Å². The lowest BCUT2D eigenvalue weighted by atomic mass is 10.1. The first-order chi connectivity index (χ1) is 8.72. The molecule has 0 bridgehead atoms. The zero-order valence-corrected chi connectivity index (χ0v) is 13.3. The van der Waals surface area contributed by atoms with Gasteiger partial charge in [-0.1, -0.05) is 0 Å². The molecule has 1 saturated carbocycles. The van der Waals surface area contributed by atoms with Crippen molar-refractivity contribution in [3.8, 4) is 0 Å². The highest BCUT2D eigenvalue weighted by molar-refractivity contribution is 9.10. The Hall–Kier alpha value is 0.1000. The smallest absolute Gasteiger partial charge is 0.0386 e. The zero-order chi connectivity index (χ0) is 12.5. The standard InChI is InChI=1S/C14H21BrN2S/c1-10(14-6-12(15)9-18-14)16-7-11-4-5-17(8-11)13-2-3-13/h6,9-11,13,16H,2-5,7-8H2,1H3. The van der Waals surface area contributed by atoms with Crippen LogP contribution in [0.25, 0.3) is 0 Å². The van der Waals surface area contributed by atoms with Crippen LogP contribution < -0.4 is 5.32 Å². The van der Waals surface area contributed by atoms with Gasteiger partial charge >= 0.3 is 0 Å². The highest BCUT2D eigenvalue weighted by Crippen LogP contribution is 2.32. The van der Waals surface area contributed by atoms with E-state index in [0.717, 1.165) is 12.0 Å². The second-order valence-electron chi connectivity index (χ2n) is 5.68. The van der Waals surface area contributed by atoms with E-state index in [1.165, 1.54) is 48.2 Å². The van der Waals surface area contributed by atoms with Gasteiger partial charge in [-0.3, -0.25) is 0 Å². The molecule has 1 aromatic heterocycles. The Bertz CT molecular complexity index is 402. The zero-order valence-electron chi connectivity index (χ0n) is 10.9. The van der Waals surface area contributed by atoms with Crippen LogP contribution in [0.15, 0.2) is 15.9 Å². The maximum atomic E-state index is 3.70. The van der Waals surface area contributed by atoms with Gasteiger partial charge in [-0.05, 0) is 67.2 Å². The summed E-state index contributed by atoms with van der Waals surface area (Å²) < 4.78 is 1.21. The summed E-state index contributed by atoms with van der Waals surface area (Å²) in [6.07, 6.45) is 4.27. The predicted molar refractivity (Wildman–Crippen MR) is 81.1 cm³/mol. The number of halogens is 1. The Balaban J connectivity index is 1.44. The van der Waals surface area contributed by atoms with Crippen molar-refractivity contribution < 1.29 is 0 Å². The van der Waals surface area contributed by atoms with E-state index in [-0.39, 0.29) is 0 Å². The third-order valence-electron chi connectivity index (χ3n) is 4.11. The van der Waals surface area contributed by atoms with E-state index in [4.69, 9.17) is 0 Å². The topological polar surface area (TPSA) is 15.3 Å². The van der Waals surface area contributed by atoms with Crippen LogP contribution in [0, 0.1) is 5.92 Å². The van der Waals surface area contributed by atoms with Crippen LogP contribution in [0.1, 0.15) is 37.1 Å². The number of likely N-dealkylation sites (tertiary alicyclic amines) is 1. The van der Waals surface area contributed by atoms with Gasteiger partial charge in [0, 0.05) is 33.4 Å². The molecule has 1 aliphatic carbocycles. The second-order valence-corrected chi connectivity index (χ2v) is 7.54. The van der Waals surface area contributed by atoms with Gasteiger partial charge in [0.1, 0.15) is 0 Å². The van der Waals surface area contributed by atoms with Crippen molar-refractivity contribution in [1.29, 1.82) is 0 Å². The van der Waals surface area contributed by atoms with E-state index < -0.39 is 0 Å². The van der Waals surface area contributed by atoms with Crippen LogP contribution in [0.4, 0.5) is 0 Å². The molecule has 2 fully saturated rings. The number of nitrogens with zero attached hydrogens (tertiary/aromatic N) is 1. The minimum atomic E-state index is 0.483. The monoisotopic (exact) mass is 328 g/mol. The molecule has 1 aliphatic heterocycles. The van der Waals surface area contributed by atoms with Crippen molar-refractivity contribution in [3.63, 3.8) is 0 Å². The first kappa shape index (κ1) is 13.1. The van der Waals surface area contributed by atoms with Gasteiger partial charge < -0.3 is 10.2 Å². The molecule has 2 nitrogen and oxygen atoms in total. The Morgan fingerprint density at radius 2 is 2.33 bits per heavy atom. The predicted octanol–water partition coefficient (Wildman–Crippen LogP) is 3.65. The third kappa shape index (κ3) is 3.16. The average molecular weight is 329 g/mol. The van der Waals surface area contributed by atoms with Crippen molar-refractivity contribution >= 4 is 27.3 Å². The maximum Gasteiger partial charge on any atom is 0.0386 e. The molecule has 18 heavy (non-hydrogen) atoms. The normalized spacial score (nSPS) is 26.7. The molecule has 2 atom stereocenters. The largest absolute Gasteiger partial charge is 0.309 e. The van der Waals surface area contributed by atoms with Gasteiger partial charge in [-0.25, -0.2) is 0 Å². The van der Waals surface area contributed by atoms with Crippen LogP contribution in [0.2, 0.25) is 0 Å². The fraction of sp³-hybridized carbons (Fsp3) is 0.714. The molecule has 0 amide bonds. The summed E-state index contributed by atoms with van der Waals surface area (Å²) in [5.74, 6) is 0.858. The molecular weight excluding hydrogens is 308 g/mol. The highest BCUT2D eigenvalue weighted by Gasteiger charge is 2.34. The molecule has 2 unspecified atom stereocenters. The fourth-order valence-electron chi connectivity index (χ4n) is 2.80. The molecule has 3 rings (SSSR count). The van der Waals surface area contributed by atoms with Crippen LogP contribution in [-0.4, -0.2) is 30.6 Å².